The fraction of sp³-hybridized carbons (Fsp3) is 0.200. The first-order chi connectivity index (χ1) is 12.7. The Morgan fingerprint density at radius 3 is 2.54 bits per heavy atom. The van der Waals surface area contributed by atoms with Crippen LogP contribution in [0.1, 0.15) is 4.88 Å². The number of anilines is 1. The van der Waals surface area contributed by atoms with Crippen LogP contribution in [0.4, 0.5) is 5.69 Å². The van der Waals surface area contributed by atoms with Gasteiger partial charge in [0.1, 0.15) is 0 Å². The van der Waals surface area contributed by atoms with Gasteiger partial charge >= 0.3 is 0 Å². The Bertz CT molecular complexity index is 946. The number of nitrogens with one attached hydrogen (secondary N) is 1. The zero-order valence-corrected chi connectivity index (χ0v) is 15.8. The molecule has 2 aromatic heterocycles. The summed E-state index contributed by atoms with van der Waals surface area (Å²) in [6.07, 6.45) is 7.33. The van der Waals surface area contributed by atoms with E-state index < -0.39 is 0 Å². The minimum absolute atomic E-state index is 0.0413. The highest BCUT2D eigenvalue weighted by atomic mass is 35.5. The molecule has 3 heterocycles. The third-order valence-electron chi connectivity index (χ3n) is 4.59. The van der Waals surface area contributed by atoms with E-state index in [0.717, 1.165) is 46.2 Å². The summed E-state index contributed by atoms with van der Waals surface area (Å²) < 4.78 is 1.14. The van der Waals surface area contributed by atoms with Gasteiger partial charge in [0.25, 0.3) is 0 Å². The van der Waals surface area contributed by atoms with Gasteiger partial charge in [-0.15, -0.1) is 11.3 Å². The third kappa shape index (κ3) is 3.45. The number of amides is 1. The normalized spacial score (nSPS) is 15.1. The van der Waals surface area contributed by atoms with Crippen molar-refractivity contribution in [3.05, 3.63) is 64.8 Å². The van der Waals surface area contributed by atoms with E-state index in [1.165, 1.54) is 5.69 Å². The molecule has 1 amide bonds. The first kappa shape index (κ1) is 17.1. The van der Waals surface area contributed by atoms with E-state index in [4.69, 9.17) is 11.6 Å². The second-order valence-corrected chi connectivity index (χ2v) is 7.64. The second-order valence-electron chi connectivity index (χ2n) is 6.18. The summed E-state index contributed by atoms with van der Waals surface area (Å²) in [5, 5.41) is 1.76. The average molecular weight is 385 g/mol. The van der Waals surface area contributed by atoms with Crippen molar-refractivity contribution >= 4 is 50.7 Å². The Morgan fingerprint density at radius 2 is 1.81 bits per heavy atom. The van der Waals surface area contributed by atoms with Crippen LogP contribution in [0.3, 0.4) is 0 Å². The summed E-state index contributed by atoms with van der Waals surface area (Å²) >= 11 is 8.05. The number of hydrogen-bond donors (Lipinski definition) is 0. The molecule has 1 aromatic carbocycles. The molecular weight excluding hydrogens is 366 g/mol. The average Bonchev–Trinajstić information content (AvgIpc) is 3.03. The monoisotopic (exact) mass is 384 g/mol. The van der Waals surface area contributed by atoms with E-state index in [1.54, 1.807) is 17.4 Å². The van der Waals surface area contributed by atoms with Crippen LogP contribution in [0.2, 0.25) is 5.02 Å². The predicted octanol–water partition coefficient (Wildman–Crippen LogP) is 3.73. The molecule has 1 aliphatic rings. The molecule has 4 nitrogen and oxygen atoms in total. The fourth-order valence-electron chi connectivity index (χ4n) is 3.17. The maximum atomic E-state index is 12.5. The van der Waals surface area contributed by atoms with Crippen LogP contribution in [0.5, 0.6) is 0 Å². The van der Waals surface area contributed by atoms with Crippen molar-refractivity contribution in [2.75, 3.05) is 31.1 Å². The van der Waals surface area contributed by atoms with Crippen molar-refractivity contribution in [3.8, 4) is 0 Å². The van der Waals surface area contributed by atoms with Crippen LogP contribution in [0.15, 0.2) is 54.9 Å². The third-order valence-corrected chi connectivity index (χ3v) is 6.25. The lowest BCUT2D eigenvalue weighted by molar-refractivity contribution is -0.377. The first-order valence-electron chi connectivity index (χ1n) is 8.57. The lowest BCUT2D eigenvalue weighted by Crippen LogP contribution is -2.48. The molecule has 0 unspecified atom stereocenters. The number of hydrogen-bond acceptors (Lipinski definition) is 3. The smallest absolute Gasteiger partial charge is 0.246 e. The summed E-state index contributed by atoms with van der Waals surface area (Å²) in [6, 6.07) is 12.1. The second kappa shape index (κ2) is 7.48. The van der Waals surface area contributed by atoms with Crippen molar-refractivity contribution in [2.24, 2.45) is 0 Å². The Balaban J connectivity index is 1.41. The molecule has 0 atom stereocenters. The Kier molecular flexibility index (Phi) is 4.91. The van der Waals surface area contributed by atoms with E-state index in [9.17, 15) is 4.79 Å². The highest BCUT2D eigenvalue weighted by Crippen LogP contribution is 2.35. The van der Waals surface area contributed by atoms with Crippen LogP contribution in [-0.2, 0) is 4.79 Å². The number of piperazine rings is 1. The minimum Gasteiger partial charge on any atom is -0.368 e. The lowest BCUT2D eigenvalue weighted by atomic mass is 10.2. The molecule has 6 heteroatoms. The van der Waals surface area contributed by atoms with Gasteiger partial charge in [0.2, 0.25) is 5.91 Å². The highest BCUT2D eigenvalue weighted by Gasteiger charge is 2.20. The van der Waals surface area contributed by atoms with Gasteiger partial charge in [-0.25, -0.2) is 4.98 Å². The number of aromatic nitrogens is 1. The van der Waals surface area contributed by atoms with Crippen LogP contribution in [-0.4, -0.2) is 37.0 Å². The van der Waals surface area contributed by atoms with E-state index in [-0.39, 0.29) is 5.91 Å². The van der Waals surface area contributed by atoms with Gasteiger partial charge < -0.3 is 9.80 Å². The molecule has 26 heavy (non-hydrogen) atoms. The summed E-state index contributed by atoms with van der Waals surface area (Å²) in [5.41, 5.74) is 1.18. The predicted molar refractivity (Wildman–Crippen MR) is 108 cm³/mol. The number of fused-ring (bicyclic) bond motifs is 1. The number of pyridine rings is 1. The first-order valence-corrected chi connectivity index (χ1v) is 9.77. The maximum absolute atomic E-state index is 12.5. The number of halogens is 1. The number of H-pyrrole nitrogens is 1. The molecule has 1 saturated heterocycles. The molecule has 1 N–H and O–H groups in total. The minimum atomic E-state index is 0.0413. The van der Waals surface area contributed by atoms with Gasteiger partial charge in [0, 0.05) is 65.0 Å². The molecule has 0 aliphatic carbocycles. The number of thiophene rings is 1. The van der Waals surface area contributed by atoms with Crippen molar-refractivity contribution in [1.82, 2.24) is 4.90 Å². The topological polar surface area (TPSA) is 37.7 Å². The lowest BCUT2D eigenvalue weighted by Gasteiger charge is -2.35. The van der Waals surface area contributed by atoms with Crippen LogP contribution in [0.25, 0.3) is 16.2 Å². The summed E-state index contributed by atoms with van der Waals surface area (Å²) in [6.45, 7) is 3.13. The molecule has 1 aliphatic heterocycles. The van der Waals surface area contributed by atoms with E-state index in [0.29, 0.717) is 0 Å². The maximum Gasteiger partial charge on any atom is 0.246 e. The Hall–Kier alpha value is -2.37. The van der Waals surface area contributed by atoms with Gasteiger partial charge in [0.05, 0.1) is 5.02 Å². The van der Waals surface area contributed by atoms with E-state index >= 15 is 0 Å². The Morgan fingerprint density at radius 1 is 1.08 bits per heavy atom. The summed E-state index contributed by atoms with van der Waals surface area (Å²) in [4.78, 5) is 20.7. The molecule has 1 fully saturated rings. The van der Waals surface area contributed by atoms with Gasteiger partial charge in [-0.3, -0.25) is 4.79 Å². The Labute approximate surface area is 161 Å². The van der Waals surface area contributed by atoms with E-state index in [1.807, 2.05) is 47.6 Å². The number of benzene rings is 1. The van der Waals surface area contributed by atoms with E-state index in [2.05, 4.69) is 22.0 Å². The van der Waals surface area contributed by atoms with Crippen LogP contribution >= 0.6 is 22.9 Å². The largest absolute Gasteiger partial charge is 0.368 e. The van der Waals surface area contributed by atoms with Crippen molar-refractivity contribution < 1.29 is 9.78 Å². The van der Waals surface area contributed by atoms with Gasteiger partial charge in [-0.2, -0.15) is 0 Å². The van der Waals surface area contributed by atoms with Gasteiger partial charge in [-0.1, -0.05) is 29.8 Å². The molecule has 132 valence electrons. The summed E-state index contributed by atoms with van der Waals surface area (Å²) in [7, 11) is 0. The molecule has 0 bridgehead atoms. The standard InChI is InChI=1S/C20H18ClN3OS/c21-20-16-3-1-2-4-17(16)26-18(20)5-6-19(25)24-13-11-23(12-14-24)15-7-9-22-10-8-15/h1-10H,11-14H2/p+1/b6-5+. The molecule has 4 rings (SSSR count). The van der Waals surface area contributed by atoms with Crippen molar-refractivity contribution in [2.45, 2.75) is 0 Å². The van der Waals surface area contributed by atoms with Crippen molar-refractivity contribution in [3.63, 3.8) is 0 Å². The number of aromatic amines is 1. The fourth-order valence-corrected chi connectivity index (χ4v) is 4.57. The molecule has 3 aromatic rings. The van der Waals surface area contributed by atoms with Crippen molar-refractivity contribution in [1.29, 1.82) is 0 Å². The number of nitrogens with zero attached hydrogens (tertiary/aromatic N) is 2. The summed E-state index contributed by atoms with van der Waals surface area (Å²) in [5.74, 6) is 0.0413. The SMILES string of the molecule is O=C(/C=C/c1sc2ccccc2c1Cl)N1CCN(c2cc[nH+]cc2)CC1. The van der Waals surface area contributed by atoms with Crippen LogP contribution in [0, 0.1) is 0 Å². The molecule has 0 saturated carbocycles. The highest BCUT2D eigenvalue weighted by molar-refractivity contribution is 7.20. The zero-order chi connectivity index (χ0) is 17.9. The molecular formula is C20H19ClN3OS+. The molecule has 0 spiro atoms. The number of carbonyl (C=O) groups excluding carboxylic acids is 1. The number of rotatable bonds is 3. The number of carbonyl (C=O) groups is 1. The molecule has 0 radical (unpaired) electrons. The van der Waals surface area contributed by atoms with Gasteiger partial charge in [0.15, 0.2) is 12.4 Å². The van der Waals surface area contributed by atoms with Crippen LogP contribution < -0.4 is 9.88 Å². The van der Waals surface area contributed by atoms with Gasteiger partial charge in [-0.05, 0) is 12.1 Å². The quantitative estimate of drug-likeness (QED) is 0.645. The zero-order valence-electron chi connectivity index (χ0n) is 14.2.